The molecule has 0 saturated heterocycles. The minimum absolute atomic E-state index is 0.0126. The van der Waals surface area contributed by atoms with E-state index in [4.69, 9.17) is 23.3 Å². The summed E-state index contributed by atoms with van der Waals surface area (Å²) in [5.74, 6) is -1.76. The highest BCUT2D eigenvalue weighted by atomic mass is 31.2. The lowest BCUT2D eigenvalue weighted by Gasteiger charge is -2.21. The number of carbonyl (C=O) groups is 3. The average Bonchev–Trinajstić information content (AvgIpc) is 3.41. The zero-order chi connectivity index (χ0) is 55.5. The van der Waals surface area contributed by atoms with E-state index in [1.807, 2.05) is 30.4 Å². The second kappa shape index (κ2) is 56.3. The first-order valence-corrected chi connectivity index (χ1v) is 29.9. The molecule has 0 rings (SSSR count). The zero-order valence-electron chi connectivity index (χ0n) is 46.9. The number of rotatable bonds is 50. The van der Waals surface area contributed by atoms with Crippen molar-refractivity contribution in [1.82, 2.24) is 0 Å². The summed E-state index contributed by atoms with van der Waals surface area (Å²) in [5.41, 5.74) is 0. The number of hydrogen-bond donors (Lipinski definition) is 2. The monoisotopic (exact) mass is 1070 g/mol. The molecule has 0 aromatic rings. The third-order valence-corrected chi connectivity index (χ3v) is 11.9. The lowest BCUT2D eigenvalue weighted by Crippen LogP contribution is -2.30. The number of unbranched alkanes of at least 4 members (excludes halogenated alkanes) is 8. The normalized spacial score (nSPS) is 14.5. The van der Waals surface area contributed by atoms with Gasteiger partial charge in [0.05, 0.1) is 26.2 Å². The van der Waals surface area contributed by atoms with E-state index in [0.29, 0.717) is 25.7 Å². The number of esters is 3. The molecular formula is C64H99O11P. The van der Waals surface area contributed by atoms with E-state index < -0.39 is 64.4 Å². The second-order valence-corrected chi connectivity index (χ2v) is 19.4. The van der Waals surface area contributed by atoms with Crippen LogP contribution in [-0.2, 0) is 42.2 Å². The maximum absolute atomic E-state index is 12.9. The van der Waals surface area contributed by atoms with Crippen LogP contribution < -0.4 is 0 Å². The Morgan fingerprint density at radius 2 is 0.750 bits per heavy atom. The van der Waals surface area contributed by atoms with Crippen LogP contribution in [0.1, 0.15) is 188 Å². The van der Waals surface area contributed by atoms with Gasteiger partial charge in [-0.25, -0.2) is 4.57 Å². The first-order valence-electron chi connectivity index (χ1n) is 28.4. The Labute approximate surface area is 460 Å². The molecule has 2 N–H and O–H groups in total. The van der Waals surface area contributed by atoms with Crippen LogP contribution in [0.5, 0.6) is 0 Å². The number of hydrogen-bond acceptors (Lipinski definition) is 10. The average molecular weight is 1080 g/mol. The molecule has 0 radical (unpaired) electrons. The number of aliphatic hydroxyl groups is 1. The van der Waals surface area contributed by atoms with Crippen molar-refractivity contribution < 1.29 is 52.2 Å². The van der Waals surface area contributed by atoms with Gasteiger partial charge in [-0.1, -0.05) is 211 Å². The summed E-state index contributed by atoms with van der Waals surface area (Å²) < 4.78 is 39.3. The second-order valence-electron chi connectivity index (χ2n) is 18.0. The van der Waals surface area contributed by atoms with E-state index in [1.54, 1.807) is 6.08 Å². The molecular weight excluding hydrogens is 976 g/mol. The van der Waals surface area contributed by atoms with Crippen LogP contribution >= 0.6 is 7.82 Å². The molecule has 426 valence electrons. The van der Waals surface area contributed by atoms with Gasteiger partial charge in [-0.2, -0.15) is 0 Å². The third-order valence-electron chi connectivity index (χ3n) is 11.0. The molecule has 3 atom stereocenters. The van der Waals surface area contributed by atoms with Gasteiger partial charge >= 0.3 is 25.7 Å². The topological polar surface area (TPSA) is 155 Å². The van der Waals surface area contributed by atoms with E-state index in [2.05, 4.69) is 142 Å². The summed E-state index contributed by atoms with van der Waals surface area (Å²) in [5, 5.41) is 9.81. The zero-order valence-corrected chi connectivity index (χ0v) is 47.8. The first-order chi connectivity index (χ1) is 37.2. The van der Waals surface area contributed by atoms with Gasteiger partial charge in [0.1, 0.15) is 12.7 Å². The molecule has 3 unspecified atom stereocenters. The Morgan fingerprint density at radius 1 is 0.395 bits per heavy atom. The van der Waals surface area contributed by atoms with Gasteiger partial charge in [0.15, 0.2) is 6.10 Å². The van der Waals surface area contributed by atoms with Crippen molar-refractivity contribution in [1.29, 1.82) is 0 Å². The van der Waals surface area contributed by atoms with E-state index >= 15 is 0 Å². The van der Waals surface area contributed by atoms with E-state index in [9.17, 15) is 28.9 Å². The molecule has 0 heterocycles. The van der Waals surface area contributed by atoms with Crippen molar-refractivity contribution in [3.63, 3.8) is 0 Å². The predicted molar refractivity (Wildman–Crippen MR) is 315 cm³/mol. The number of allylic oxidation sites excluding steroid dienone is 25. The molecule has 0 bridgehead atoms. The molecule has 0 aromatic carbocycles. The Morgan fingerprint density at radius 3 is 1.20 bits per heavy atom. The predicted octanol–water partition coefficient (Wildman–Crippen LogP) is 16.9. The third kappa shape index (κ3) is 53.9. The highest BCUT2D eigenvalue weighted by Gasteiger charge is 2.28. The largest absolute Gasteiger partial charge is 0.472 e. The summed E-state index contributed by atoms with van der Waals surface area (Å²) >= 11 is 0. The van der Waals surface area contributed by atoms with Crippen molar-refractivity contribution in [3.8, 4) is 0 Å². The number of aliphatic hydroxyl groups excluding tert-OH is 1. The van der Waals surface area contributed by atoms with Crippen molar-refractivity contribution >= 4 is 25.7 Å². The van der Waals surface area contributed by atoms with Crippen LogP contribution in [0.25, 0.3) is 0 Å². The standard InChI is InChI=1S/C64H99O11P/c1-4-7-10-13-16-19-22-25-28-29-30-31-34-37-40-43-46-49-52-55-64(68)75-61(57-71-62(66)53-50-47-44-41-38-35-32-26-23-20-17-14-11-8-5-2)59-73-76(69,70)72-58-60(56-65)74-63(67)54-51-48-45-42-39-36-33-27-24-21-18-15-12-9-6-3/h7-8,10-11,16-21,25-28,30-33,37-38,40-41,46-47,49-50,60-61,65H,4-6,9,12-15,22-24,29,34-36,39,42-45,48,51-59H2,1-3H3,(H,69,70)/b10-7-,11-8-,19-16-,20-17-,21-18-,28-25-,31-30-,32-26-,33-27-,40-37-,41-38-,49-46-,50-47-. The van der Waals surface area contributed by atoms with Gasteiger partial charge in [-0.05, 0) is 116 Å². The lowest BCUT2D eigenvalue weighted by molar-refractivity contribution is -0.160. The molecule has 0 aromatic heterocycles. The van der Waals surface area contributed by atoms with Crippen molar-refractivity contribution in [2.75, 3.05) is 26.4 Å². The van der Waals surface area contributed by atoms with Crippen LogP contribution in [-0.4, -0.2) is 66.5 Å². The molecule has 0 aliphatic carbocycles. The quantitative estimate of drug-likeness (QED) is 0.0197. The number of ether oxygens (including phenoxy) is 3. The van der Waals surface area contributed by atoms with Gasteiger partial charge in [-0.15, -0.1) is 0 Å². The fourth-order valence-corrected chi connectivity index (χ4v) is 7.50. The Hall–Kier alpha value is -4.90. The van der Waals surface area contributed by atoms with Crippen LogP contribution in [0, 0.1) is 0 Å². The minimum Gasteiger partial charge on any atom is -0.461 e. The summed E-state index contributed by atoms with van der Waals surface area (Å²) in [4.78, 5) is 48.4. The van der Waals surface area contributed by atoms with Gasteiger partial charge in [0.2, 0.25) is 0 Å². The fourth-order valence-electron chi connectivity index (χ4n) is 6.72. The SMILES string of the molecule is CC/C=C\C/C=C\C/C=C\C/C=C\C/C=C\C/C=C\CCC(=O)OC(COC(=O)C/C=C\C/C=C\C/C=C\C/C=C\C/C=C\CC)COP(=O)(O)OCC(CO)OC(=O)CCCCCCC/C=C\C/C=C\CCCCC. The summed E-state index contributed by atoms with van der Waals surface area (Å²) in [7, 11) is -4.80. The first kappa shape index (κ1) is 71.1. The van der Waals surface area contributed by atoms with Crippen molar-refractivity contribution in [2.24, 2.45) is 0 Å². The smallest absolute Gasteiger partial charge is 0.461 e. The highest BCUT2D eigenvalue weighted by Crippen LogP contribution is 2.43. The van der Waals surface area contributed by atoms with Crippen LogP contribution in [0.3, 0.4) is 0 Å². The van der Waals surface area contributed by atoms with E-state index in [1.165, 1.54) is 19.3 Å². The van der Waals surface area contributed by atoms with Gasteiger partial charge in [0.25, 0.3) is 0 Å². The number of phosphoric ester groups is 1. The molecule has 0 aliphatic rings. The summed E-state index contributed by atoms with van der Waals surface area (Å²) in [6.45, 7) is 4.14. The van der Waals surface area contributed by atoms with Crippen LogP contribution in [0.2, 0.25) is 0 Å². The van der Waals surface area contributed by atoms with Gasteiger partial charge in [0, 0.05) is 12.8 Å². The summed E-state index contributed by atoms with van der Waals surface area (Å²) in [6, 6.07) is 0. The molecule has 0 amide bonds. The highest BCUT2D eigenvalue weighted by molar-refractivity contribution is 7.47. The molecule has 11 nitrogen and oxygen atoms in total. The lowest BCUT2D eigenvalue weighted by atomic mass is 10.1. The van der Waals surface area contributed by atoms with Crippen LogP contribution in [0.4, 0.5) is 0 Å². The molecule has 0 spiro atoms. The molecule has 0 fully saturated rings. The van der Waals surface area contributed by atoms with E-state index in [0.717, 1.165) is 103 Å². The summed E-state index contributed by atoms with van der Waals surface area (Å²) in [6.07, 6.45) is 73.9. The van der Waals surface area contributed by atoms with Gasteiger partial charge in [-0.3, -0.25) is 23.4 Å². The van der Waals surface area contributed by atoms with Crippen LogP contribution in [0.15, 0.2) is 158 Å². The number of carbonyl (C=O) groups excluding carboxylic acids is 3. The Kier molecular flexibility index (Phi) is 52.7. The minimum atomic E-state index is -4.80. The fraction of sp³-hybridized carbons (Fsp3) is 0.547. The Bertz CT molecular complexity index is 1880. The van der Waals surface area contributed by atoms with Gasteiger partial charge < -0.3 is 24.2 Å². The van der Waals surface area contributed by atoms with Crippen molar-refractivity contribution in [2.45, 2.75) is 200 Å². The molecule has 0 saturated carbocycles. The Balaban J connectivity index is 4.98. The molecule has 12 heteroatoms. The van der Waals surface area contributed by atoms with Crippen molar-refractivity contribution in [3.05, 3.63) is 158 Å². The maximum atomic E-state index is 12.9. The molecule has 76 heavy (non-hydrogen) atoms. The number of phosphoric acid groups is 1. The maximum Gasteiger partial charge on any atom is 0.472 e. The van der Waals surface area contributed by atoms with E-state index in [-0.39, 0.29) is 19.3 Å². The molecule has 0 aliphatic heterocycles.